The molecule has 2 N–H and O–H groups in total. The van der Waals surface area contributed by atoms with Crippen LogP contribution in [0, 0.1) is 0 Å². The Morgan fingerprint density at radius 3 is 2.75 bits per heavy atom. The zero-order valence-corrected chi connectivity index (χ0v) is 9.43. The van der Waals surface area contributed by atoms with Crippen molar-refractivity contribution in [3.8, 4) is 0 Å². The van der Waals surface area contributed by atoms with E-state index < -0.39 is 0 Å². The maximum Gasteiger partial charge on any atom is 0.245 e. The minimum Gasteiger partial charge on any atom is -0.398 e. The number of nitrogen functional groups attached to an aromatic ring is 1. The largest absolute Gasteiger partial charge is 0.398 e. The number of carbonyl (C=O) groups is 1. The molecule has 1 amide bonds. The van der Waals surface area contributed by atoms with E-state index in [1.54, 1.807) is 12.3 Å². The third-order valence-electron chi connectivity index (χ3n) is 2.86. The second-order valence-corrected chi connectivity index (χ2v) is 4.01. The molecule has 2 rings (SSSR count). The van der Waals surface area contributed by atoms with Gasteiger partial charge in [0.25, 0.3) is 0 Å². The molecule has 16 heavy (non-hydrogen) atoms. The molecule has 0 radical (unpaired) electrons. The SMILES string of the molecule is C[C@@H](C(=O)N1CCOCC1)n1ccc(N)c1. The Labute approximate surface area is 94.8 Å². The van der Waals surface area contributed by atoms with E-state index in [0.717, 1.165) is 0 Å². The minimum atomic E-state index is -0.199. The van der Waals surface area contributed by atoms with Crippen LogP contribution in [0.4, 0.5) is 5.69 Å². The van der Waals surface area contributed by atoms with Gasteiger partial charge in [-0.1, -0.05) is 0 Å². The van der Waals surface area contributed by atoms with Gasteiger partial charge in [-0.25, -0.2) is 0 Å². The molecule has 2 heterocycles. The van der Waals surface area contributed by atoms with Gasteiger partial charge in [-0.15, -0.1) is 0 Å². The van der Waals surface area contributed by atoms with Crippen molar-refractivity contribution in [2.24, 2.45) is 0 Å². The fourth-order valence-corrected chi connectivity index (χ4v) is 1.85. The summed E-state index contributed by atoms with van der Waals surface area (Å²) in [6, 6.07) is 1.60. The Hall–Kier alpha value is -1.49. The Balaban J connectivity index is 2.03. The third-order valence-corrected chi connectivity index (χ3v) is 2.86. The van der Waals surface area contributed by atoms with Crippen molar-refractivity contribution in [2.75, 3.05) is 32.0 Å². The highest BCUT2D eigenvalue weighted by Crippen LogP contribution is 2.14. The number of morpholine rings is 1. The smallest absolute Gasteiger partial charge is 0.245 e. The van der Waals surface area contributed by atoms with Crippen LogP contribution in [0.25, 0.3) is 0 Å². The van der Waals surface area contributed by atoms with Crippen molar-refractivity contribution in [3.05, 3.63) is 18.5 Å². The first-order chi connectivity index (χ1) is 7.68. The Morgan fingerprint density at radius 1 is 1.50 bits per heavy atom. The summed E-state index contributed by atoms with van der Waals surface area (Å²) in [5.74, 6) is 0.124. The topological polar surface area (TPSA) is 60.5 Å². The van der Waals surface area contributed by atoms with Gasteiger partial charge in [-0.3, -0.25) is 4.79 Å². The van der Waals surface area contributed by atoms with Crippen LogP contribution < -0.4 is 5.73 Å². The Bertz CT molecular complexity index is 369. The van der Waals surface area contributed by atoms with Gasteiger partial charge in [0.2, 0.25) is 5.91 Å². The normalized spacial score (nSPS) is 18.4. The maximum atomic E-state index is 12.1. The van der Waals surface area contributed by atoms with Crippen molar-refractivity contribution in [1.82, 2.24) is 9.47 Å². The zero-order valence-electron chi connectivity index (χ0n) is 9.43. The molecule has 5 heteroatoms. The first-order valence-electron chi connectivity index (χ1n) is 5.48. The maximum absolute atomic E-state index is 12.1. The van der Waals surface area contributed by atoms with Gasteiger partial charge >= 0.3 is 0 Å². The number of anilines is 1. The van der Waals surface area contributed by atoms with E-state index in [1.807, 2.05) is 22.6 Å². The Kier molecular flexibility index (Phi) is 3.14. The van der Waals surface area contributed by atoms with Crippen LogP contribution in [-0.2, 0) is 9.53 Å². The van der Waals surface area contributed by atoms with Crippen molar-refractivity contribution in [3.63, 3.8) is 0 Å². The molecule has 0 bridgehead atoms. The molecule has 0 spiro atoms. The molecule has 0 saturated carbocycles. The molecule has 1 atom stereocenters. The average Bonchev–Trinajstić information content (AvgIpc) is 2.75. The fraction of sp³-hybridized carbons (Fsp3) is 0.545. The lowest BCUT2D eigenvalue weighted by molar-refractivity contribution is -0.138. The van der Waals surface area contributed by atoms with E-state index in [-0.39, 0.29) is 11.9 Å². The van der Waals surface area contributed by atoms with Gasteiger partial charge in [0.05, 0.1) is 13.2 Å². The second-order valence-electron chi connectivity index (χ2n) is 4.01. The van der Waals surface area contributed by atoms with E-state index in [4.69, 9.17) is 10.5 Å². The molecule has 0 aromatic carbocycles. The average molecular weight is 223 g/mol. The minimum absolute atomic E-state index is 0.124. The number of hydrogen-bond acceptors (Lipinski definition) is 3. The quantitative estimate of drug-likeness (QED) is 0.793. The van der Waals surface area contributed by atoms with Crippen LogP contribution in [0.1, 0.15) is 13.0 Å². The lowest BCUT2D eigenvalue weighted by atomic mass is 10.2. The lowest BCUT2D eigenvalue weighted by Gasteiger charge is -2.29. The summed E-state index contributed by atoms with van der Waals surface area (Å²) in [5, 5.41) is 0. The van der Waals surface area contributed by atoms with E-state index in [9.17, 15) is 4.79 Å². The molecule has 1 saturated heterocycles. The van der Waals surface area contributed by atoms with Gasteiger partial charge in [0.15, 0.2) is 0 Å². The fourth-order valence-electron chi connectivity index (χ4n) is 1.85. The van der Waals surface area contributed by atoms with Crippen molar-refractivity contribution < 1.29 is 9.53 Å². The van der Waals surface area contributed by atoms with Crippen LogP contribution >= 0.6 is 0 Å². The highest BCUT2D eigenvalue weighted by molar-refractivity contribution is 5.80. The number of rotatable bonds is 2. The molecule has 0 aliphatic carbocycles. The Morgan fingerprint density at radius 2 is 2.19 bits per heavy atom. The molecular weight excluding hydrogens is 206 g/mol. The molecule has 5 nitrogen and oxygen atoms in total. The van der Waals surface area contributed by atoms with E-state index in [2.05, 4.69) is 0 Å². The van der Waals surface area contributed by atoms with Crippen LogP contribution in [0.3, 0.4) is 0 Å². The summed E-state index contributed by atoms with van der Waals surface area (Å²) in [5.41, 5.74) is 6.31. The summed E-state index contributed by atoms with van der Waals surface area (Å²) < 4.78 is 7.06. The van der Waals surface area contributed by atoms with E-state index in [1.165, 1.54) is 0 Å². The molecular formula is C11H17N3O2. The van der Waals surface area contributed by atoms with Crippen molar-refractivity contribution >= 4 is 11.6 Å². The van der Waals surface area contributed by atoms with Crippen molar-refractivity contribution in [1.29, 1.82) is 0 Å². The van der Waals surface area contributed by atoms with Gasteiger partial charge in [0.1, 0.15) is 6.04 Å². The van der Waals surface area contributed by atoms with Crippen LogP contribution in [0.15, 0.2) is 18.5 Å². The van der Waals surface area contributed by atoms with Gasteiger partial charge < -0.3 is 19.9 Å². The highest BCUT2D eigenvalue weighted by Gasteiger charge is 2.23. The number of nitrogens with zero attached hydrogens (tertiary/aromatic N) is 2. The predicted molar refractivity (Wildman–Crippen MR) is 61.0 cm³/mol. The lowest BCUT2D eigenvalue weighted by Crippen LogP contribution is -2.43. The molecule has 1 fully saturated rings. The summed E-state index contributed by atoms with van der Waals surface area (Å²) in [6.07, 6.45) is 3.61. The van der Waals surface area contributed by atoms with Crippen LogP contribution in [-0.4, -0.2) is 41.7 Å². The van der Waals surface area contributed by atoms with E-state index >= 15 is 0 Å². The number of nitrogens with two attached hydrogens (primary N) is 1. The predicted octanol–water partition coefficient (Wildman–Crippen LogP) is 0.490. The number of aromatic nitrogens is 1. The first kappa shape index (κ1) is 11.0. The number of amides is 1. The molecule has 88 valence electrons. The molecule has 1 aliphatic rings. The van der Waals surface area contributed by atoms with Crippen LogP contribution in [0.5, 0.6) is 0 Å². The number of carbonyl (C=O) groups excluding carboxylic acids is 1. The number of ether oxygens (including phenoxy) is 1. The highest BCUT2D eigenvalue weighted by atomic mass is 16.5. The second kappa shape index (κ2) is 4.57. The molecule has 1 aliphatic heterocycles. The summed E-state index contributed by atoms with van der Waals surface area (Å²) >= 11 is 0. The van der Waals surface area contributed by atoms with E-state index in [0.29, 0.717) is 32.0 Å². The number of hydrogen-bond donors (Lipinski definition) is 1. The monoisotopic (exact) mass is 223 g/mol. The van der Waals surface area contributed by atoms with Crippen LogP contribution in [0.2, 0.25) is 0 Å². The third kappa shape index (κ3) is 2.19. The van der Waals surface area contributed by atoms with Gasteiger partial charge in [-0.05, 0) is 13.0 Å². The summed E-state index contributed by atoms with van der Waals surface area (Å²) in [4.78, 5) is 14.0. The van der Waals surface area contributed by atoms with Gasteiger partial charge in [-0.2, -0.15) is 0 Å². The molecule has 1 aromatic rings. The van der Waals surface area contributed by atoms with Crippen molar-refractivity contribution in [2.45, 2.75) is 13.0 Å². The summed E-state index contributed by atoms with van der Waals surface area (Å²) in [6.45, 7) is 4.51. The van der Waals surface area contributed by atoms with Gasteiger partial charge in [0, 0.05) is 31.2 Å². The first-order valence-corrected chi connectivity index (χ1v) is 5.48. The zero-order chi connectivity index (χ0) is 11.5. The standard InChI is InChI=1S/C11H17N3O2/c1-9(14-3-2-10(12)8-14)11(15)13-4-6-16-7-5-13/h2-3,8-9H,4-7,12H2,1H3/t9-/m0/s1. The molecule has 0 unspecified atom stereocenters. The summed E-state index contributed by atoms with van der Waals surface area (Å²) in [7, 11) is 0. The molecule has 1 aromatic heterocycles.